The molecule has 0 radical (unpaired) electrons. The molecule has 25 heavy (non-hydrogen) atoms. The van der Waals surface area contributed by atoms with E-state index in [4.69, 9.17) is 0 Å². The van der Waals surface area contributed by atoms with E-state index in [9.17, 15) is 13.2 Å². The van der Waals surface area contributed by atoms with Gasteiger partial charge in [0.2, 0.25) is 15.9 Å². The van der Waals surface area contributed by atoms with Crippen LogP contribution in [0.1, 0.15) is 23.6 Å². The third kappa shape index (κ3) is 4.60. The van der Waals surface area contributed by atoms with E-state index < -0.39 is 16.1 Å². The summed E-state index contributed by atoms with van der Waals surface area (Å²) in [6.07, 6.45) is 1.11. The average molecular weight is 360 g/mol. The molecule has 0 unspecified atom stereocenters. The van der Waals surface area contributed by atoms with Crippen LogP contribution in [0.15, 0.2) is 42.5 Å². The minimum Gasteiger partial charge on any atom is -0.324 e. The SMILES string of the molecule is Cc1ccc(NC(=O)[C@H](C)N(c2ccc(C)c(C)c2)S(C)(=O)=O)cc1. The van der Waals surface area contributed by atoms with E-state index in [2.05, 4.69) is 5.32 Å². The molecule has 0 aromatic heterocycles. The third-order valence-corrected chi connectivity index (χ3v) is 5.39. The lowest BCUT2D eigenvalue weighted by molar-refractivity contribution is -0.116. The summed E-state index contributed by atoms with van der Waals surface area (Å²) >= 11 is 0. The van der Waals surface area contributed by atoms with E-state index in [-0.39, 0.29) is 5.91 Å². The van der Waals surface area contributed by atoms with Crippen molar-refractivity contribution >= 4 is 27.3 Å². The van der Waals surface area contributed by atoms with Crippen molar-refractivity contribution in [2.45, 2.75) is 33.7 Å². The van der Waals surface area contributed by atoms with Gasteiger partial charge in [-0.15, -0.1) is 0 Å². The molecule has 0 aliphatic heterocycles. The molecule has 134 valence electrons. The fourth-order valence-electron chi connectivity index (χ4n) is 2.56. The Hall–Kier alpha value is -2.34. The van der Waals surface area contributed by atoms with Crippen LogP contribution < -0.4 is 9.62 Å². The highest BCUT2D eigenvalue weighted by Crippen LogP contribution is 2.24. The normalized spacial score (nSPS) is 12.5. The van der Waals surface area contributed by atoms with Crippen LogP contribution in [0.25, 0.3) is 0 Å². The lowest BCUT2D eigenvalue weighted by atomic mass is 10.1. The summed E-state index contributed by atoms with van der Waals surface area (Å²) in [5, 5.41) is 2.77. The van der Waals surface area contributed by atoms with Gasteiger partial charge in [-0.2, -0.15) is 0 Å². The van der Waals surface area contributed by atoms with Crippen molar-refractivity contribution in [1.29, 1.82) is 0 Å². The lowest BCUT2D eigenvalue weighted by Gasteiger charge is -2.28. The van der Waals surface area contributed by atoms with Gasteiger partial charge in [0.25, 0.3) is 0 Å². The number of nitrogens with one attached hydrogen (secondary N) is 1. The van der Waals surface area contributed by atoms with Crippen LogP contribution in [-0.4, -0.2) is 26.6 Å². The second-order valence-electron chi connectivity index (χ2n) is 6.36. The number of rotatable bonds is 5. The summed E-state index contributed by atoms with van der Waals surface area (Å²) in [5.74, 6) is -0.382. The molecular formula is C19H24N2O3S. The van der Waals surface area contributed by atoms with Crippen LogP contribution in [0.2, 0.25) is 0 Å². The Bertz CT molecular complexity index is 874. The predicted octanol–water partition coefficient (Wildman–Crippen LogP) is 3.41. The molecular weight excluding hydrogens is 336 g/mol. The average Bonchev–Trinajstić information content (AvgIpc) is 2.51. The fourth-order valence-corrected chi connectivity index (χ4v) is 3.72. The molecule has 0 spiro atoms. The predicted molar refractivity (Wildman–Crippen MR) is 103 cm³/mol. The van der Waals surface area contributed by atoms with Gasteiger partial charge in [-0.25, -0.2) is 8.42 Å². The van der Waals surface area contributed by atoms with Crippen molar-refractivity contribution in [1.82, 2.24) is 0 Å². The number of carbonyl (C=O) groups is 1. The number of nitrogens with zero attached hydrogens (tertiary/aromatic N) is 1. The Morgan fingerprint density at radius 1 is 1.00 bits per heavy atom. The largest absolute Gasteiger partial charge is 0.324 e. The molecule has 2 rings (SSSR count). The minimum atomic E-state index is -3.62. The molecule has 2 aromatic carbocycles. The molecule has 0 fully saturated rings. The zero-order valence-electron chi connectivity index (χ0n) is 15.2. The van der Waals surface area contributed by atoms with E-state index in [1.807, 2.05) is 39.0 Å². The van der Waals surface area contributed by atoms with Crippen LogP contribution in [0.5, 0.6) is 0 Å². The summed E-state index contributed by atoms with van der Waals surface area (Å²) < 4.78 is 25.8. The summed E-state index contributed by atoms with van der Waals surface area (Å²) in [6.45, 7) is 7.41. The third-order valence-electron chi connectivity index (χ3n) is 4.15. The number of hydrogen-bond acceptors (Lipinski definition) is 3. The molecule has 1 atom stereocenters. The first kappa shape index (κ1) is 19.0. The Labute approximate surface area is 149 Å². The van der Waals surface area contributed by atoms with E-state index in [1.54, 1.807) is 31.2 Å². The lowest BCUT2D eigenvalue weighted by Crippen LogP contribution is -2.45. The van der Waals surface area contributed by atoms with Crippen molar-refractivity contribution < 1.29 is 13.2 Å². The molecule has 1 N–H and O–H groups in total. The number of hydrogen-bond donors (Lipinski definition) is 1. The van der Waals surface area contributed by atoms with Gasteiger partial charge in [-0.05, 0) is 63.1 Å². The van der Waals surface area contributed by atoms with Gasteiger partial charge < -0.3 is 5.32 Å². The Morgan fingerprint density at radius 2 is 1.60 bits per heavy atom. The van der Waals surface area contributed by atoms with Crippen molar-refractivity contribution in [3.63, 3.8) is 0 Å². The highest BCUT2D eigenvalue weighted by Gasteiger charge is 2.29. The molecule has 1 amide bonds. The second kappa shape index (κ2) is 7.27. The first-order valence-corrected chi connectivity index (χ1v) is 9.88. The van der Waals surface area contributed by atoms with Gasteiger partial charge in [0.1, 0.15) is 6.04 Å². The van der Waals surface area contributed by atoms with Gasteiger partial charge in [0, 0.05) is 5.69 Å². The quantitative estimate of drug-likeness (QED) is 0.888. The molecule has 0 aliphatic carbocycles. The number of anilines is 2. The highest BCUT2D eigenvalue weighted by molar-refractivity contribution is 7.92. The monoisotopic (exact) mass is 360 g/mol. The maximum absolute atomic E-state index is 12.6. The van der Waals surface area contributed by atoms with Crippen LogP contribution in [-0.2, 0) is 14.8 Å². The van der Waals surface area contributed by atoms with Crippen molar-refractivity contribution in [3.05, 3.63) is 59.2 Å². The maximum Gasteiger partial charge on any atom is 0.247 e. The van der Waals surface area contributed by atoms with Gasteiger partial charge in [0.05, 0.1) is 11.9 Å². The second-order valence-corrected chi connectivity index (χ2v) is 8.22. The topological polar surface area (TPSA) is 66.5 Å². The van der Waals surface area contributed by atoms with Crippen molar-refractivity contribution in [3.8, 4) is 0 Å². The van der Waals surface area contributed by atoms with Crippen LogP contribution in [0.4, 0.5) is 11.4 Å². The molecule has 0 bridgehead atoms. The first-order chi connectivity index (χ1) is 11.6. The number of aryl methyl sites for hydroxylation is 3. The van der Waals surface area contributed by atoms with Gasteiger partial charge in [0.15, 0.2) is 0 Å². The Balaban J connectivity index is 2.32. The summed E-state index contributed by atoms with van der Waals surface area (Å²) in [5.41, 5.74) is 4.23. The number of sulfonamides is 1. The molecule has 0 aliphatic rings. The Kier molecular flexibility index (Phi) is 5.52. The minimum absolute atomic E-state index is 0.382. The van der Waals surface area contributed by atoms with Crippen molar-refractivity contribution in [2.24, 2.45) is 0 Å². The van der Waals surface area contributed by atoms with Crippen LogP contribution >= 0.6 is 0 Å². The first-order valence-electron chi connectivity index (χ1n) is 8.04. The summed E-state index contributed by atoms with van der Waals surface area (Å²) in [4.78, 5) is 12.6. The molecule has 0 heterocycles. The van der Waals surface area contributed by atoms with E-state index in [1.165, 1.54) is 0 Å². The zero-order chi connectivity index (χ0) is 18.8. The fraction of sp³-hybridized carbons (Fsp3) is 0.316. The number of amides is 1. The maximum atomic E-state index is 12.6. The zero-order valence-corrected chi connectivity index (χ0v) is 16.0. The van der Waals surface area contributed by atoms with E-state index in [0.717, 1.165) is 27.3 Å². The molecule has 2 aromatic rings. The van der Waals surface area contributed by atoms with E-state index in [0.29, 0.717) is 11.4 Å². The highest BCUT2D eigenvalue weighted by atomic mass is 32.2. The van der Waals surface area contributed by atoms with Gasteiger partial charge in [-0.3, -0.25) is 9.10 Å². The van der Waals surface area contributed by atoms with Crippen LogP contribution in [0.3, 0.4) is 0 Å². The van der Waals surface area contributed by atoms with Gasteiger partial charge in [-0.1, -0.05) is 23.8 Å². The Morgan fingerprint density at radius 3 is 2.12 bits per heavy atom. The molecule has 0 saturated carbocycles. The molecule has 0 saturated heterocycles. The van der Waals surface area contributed by atoms with Crippen molar-refractivity contribution in [2.75, 3.05) is 15.9 Å². The standard InChI is InChI=1S/C19H24N2O3S/c1-13-6-9-17(10-7-13)20-19(22)16(4)21(25(5,23)24)18-11-8-14(2)15(3)12-18/h6-12,16H,1-5H3,(H,20,22)/t16-/m0/s1. The van der Waals surface area contributed by atoms with E-state index >= 15 is 0 Å². The van der Waals surface area contributed by atoms with Crippen LogP contribution in [0, 0.1) is 20.8 Å². The molecule has 6 heteroatoms. The number of benzene rings is 2. The summed E-state index contributed by atoms with van der Waals surface area (Å²) in [6, 6.07) is 11.8. The smallest absolute Gasteiger partial charge is 0.247 e. The molecule has 5 nitrogen and oxygen atoms in total. The summed E-state index contributed by atoms with van der Waals surface area (Å²) in [7, 11) is -3.62. The number of carbonyl (C=O) groups excluding carboxylic acids is 1. The van der Waals surface area contributed by atoms with Gasteiger partial charge >= 0.3 is 0 Å².